The molecular weight excluding hydrogens is 216 g/mol. The van der Waals surface area contributed by atoms with Crippen LogP contribution in [0, 0.1) is 11.3 Å². The summed E-state index contributed by atoms with van der Waals surface area (Å²) in [6.45, 7) is 3.72. The molecule has 0 aliphatic heterocycles. The number of hydrogen-bond acceptors (Lipinski definition) is 4. The van der Waals surface area contributed by atoms with E-state index >= 15 is 0 Å². The summed E-state index contributed by atoms with van der Waals surface area (Å²) in [5.41, 5.74) is 1.65. The molecule has 0 aliphatic rings. The topological polar surface area (TPSA) is 62.1 Å². The molecule has 0 saturated carbocycles. The maximum absolute atomic E-state index is 11.3. The Balaban J connectivity index is 2.66. The number of methoxy groups -OCH3 is 1. The van der Waals surface area contributed by atoms with Gasteiger partial charge in [-0.25, -0.2) is 0 Å². The van der Waals surface area contributed by atoms with Crippen molar-refractivity contribution in [2.45, 2.75) is 25.9 Å². The Morgan fingerprint density at radius 1 is 1.35 bits per heavy atom. The monoisotopic (exact) mass is 232 g/mol. The van der Waals surface area contributed by atoms with E-state index in [0.717, 1.165) is 5.56 Å². The Morgan fingerprint density at radius 2 is 1.94 bits per heavy atom. The van der Waals surface area contributed by atoms with Gasteiger partial charge in [0.1, 0.15) is 6.04 Å². The van der Waals surface area contributed by atoms with Crippen LogP contribution < -0.4 is 5.32 Å². The fourth-order valence-corrected chi connectivity index (χ4v) is 1.56. The van der Waals surface area contributed by atoms with Crippen LogP contribution in [0.25, 0.3) is 0 Å². The average molecular weight is 232 g/mol. The van der Waals surface area contributed by atoms with Gasteiger partial charge in [0.15, 0.2) is 0 Å². The Kier molecular flexibility index (Phi) is 4.68. The third kappa shape index (κ3) is 3.58. The van der Waals surface area contributed by atoms with Crippen molar-refractivity contribution in [1.82, 2.24) is 5.32 Å². The number of carbonyl (C=O) groups is 1. The summed E-state index contributed by atoms with van der Waals surface area (Å²) in [6.07, 6.45) is 0. The smallest absolute Gasteiger partial charge is 0.322 e. The molecule has 4 nitrogen and oxygen atoms in total. The number of ether oxygens (including phenoxy) is 1. The molecule has 1 aromatic rings. The molecule has 0 heterocycles. The zero-order chi connectivity index (χ0) is 12.8. The number of carbonyl (C=O) groups excluding carboxylic acids is 1. The minimum atomic E-state index is -0.356. The molecule has 0 fully saturated rings. The molecule has 1 N–H and O–H groups in total. The van der Waals surface area contributed by atoms with Crippen molar-refractivity contribution in [2.75, 3.05) is 7.11 Å². The summed E-state index contributed by atoms with van der Waals surface area (Å²) >= 11 is 0. The summed E-state index contributed by atoms with van der Waals surface area (Å²) in [7, 11) is 1.37. The van der Waals surface area contributed by atoms with Gasteiger partial charge in [0.05, 0.1) is 18.7 Å². The van der Waals surface area contributed by atoms with Gasteiger partial charge in [-0.2, -0.15) is 5.26 Å². The average Bonchev–Trinajstić information content (AvgIpc) is 2.37. The highest BCUT2D eigenvalue weighted by Gasteiger charge is 2.16. The van der Waals surface area contributed by atoms with E-state index in [1.165, 1.54) is 7.11 Å². The van der Waals surface area contributed by atoms with Crippen molar-refractivity contribution >= 4 is 5.97 Å². The van der Waals surface area contributed by atoms with Gasteiger partial charge in [-0.15, -0.1) is 0 Å². The number of nitrogens with one attached hydrogen (secondary N) is 1. The number of hydrogen-bond donors (Lipinski definition) is 1. The zero-order valence-electron chi connectivity index (χ0n) is 10.2. The molecule has 1 rings (SSSR count). The molecule has 0 spiro atoms. The fraction of sp³-hybridized carbons (Fsp3) is 0.385. The molecular formula is C13H16N2O2. The molecule has 0 saturated heterocycles. The van der Waals surface area contributed by atoms with Crippen LogP contribution in [0.4, 0.5) is 0 Å². The van der Waals surface area contributed by atoms with Crippen LogP contribution in [-0.2, 0) is 9.53 Å². The number of rotatable bonds is 4. The molecule has 0 aliphatic carbocycles. The number of nitrogens with zero attached hydrogens (tertiary/aromatic N) is 1. The van der Waals surface area contributed by atoms with Crippen LogP contribution >= 0.6 is 0 Å². The largest absolute Gasteiger partial charge is 0.468 e. The number of benzene rings is 1. The minimum absolute atomic E-state index is 0.0249. The lowest BCUT2D eigenvalue weighted by Crippen LogP contribution is -2.36. The van der Waals surface area contributed by atoms with E-state index < -0.39 is 0 Å². The van der Waals surface area contributed by atoms with Crippen LogP contribution in [0.5, 0.6) is 0 Å². The minimum Gasteiger partial charge on any atom is -0.468 e. The van der Waals surface area contributed by atoms with Crippen molar-refractivity contribution in [3.63, 3.8) is 0 Å². The molecule has 2 atom stereocenters. The van der Waals surface area contributed by atoms with Crippen molar-refractivity contribution in [2.24, 2.45) is 0 Å². The SMILES string of the molecule is COC(=O)[C@@H](C)N[C@H](C)c1ccc(C#N)cc1. The van der Waals surface area contributed by atoms with Crippen molar-refractivity contribution in [3.05, 3.63) is 35.4 Å². The Hall–Kier alpha value is -1.86. The van der Waals surface area contributed by atoms with Crippen LogP contribution in [-0.4, -0.2) is 19.1 Å². The Bertz CT molecular complexity index is 420. The highest BCUT2D eigenvalue weighted by molar-refractivity contribution is 5.75. The quantitative estimate of drug-likeness (QED) is 0.804. The number of esters is 1. The fourth-order valence-electron chi connectivity index (χ4n) is 1.56. The summed E-state index contributed by atoms with van der Waals surface area (Å²) in [6, 6.07) is 9.01. The van der Waals surface area contributed by atoms with Crippen molar-refractivity contribution in [1.29, 1.82) is 5.26 Å². The van der Waals surface area contributed by atoms with Gasteiger partial charge in [0, 0.05) is 6.04 Å². The number of nitriles is 1. The molecule has 4 heteroatoms. The van der Waals surface area contributed by atoms with Crippen molar-refractivity contribution < 1.29 is 9.53 Å². The second-order valence-corrected chi connectivity index (χ2v) is 3.87. The Labute approximate surface area is 101 Å². The molecule has 0 radical (unpaired) electrons. The molecule has 17 heavy (non-hydrogen) atoms. The van der Waals surface area contributed by atoms with Gasteiger partial charge in [-0.1, -0.05) is 12.1 Å². The summed E-state index contributed by atoms with van der Waals surface area (Å²) in [4.78, 5) is 11.3. The first-order valence-electron chi connectivity index (χ1n) is 5.42. The third-order valence-electron chi connectivity index (χ3n) is 2.59. The standard InChI is InChI=1S/C13H16N2O2/c1-9(15-10(2)13(16)17-3)12-6-4-11(8-14)5-7-12/h4-7,9-10,15H,1-3H3/t9-,10-/m1/s1. The van der Waals surface area contributed by atoms with Gasteiger partial charge in [0.2, 0.25) is 0 Å². The van der Waals surface area contributed by atoms with Crippen LogP contribution in [0.1, 0.15) is 31.0 Å². The normalized spacial score (nSPS) is 13.5. The lowest BCUT2D eigenvalue weighted by Gasteiger charge is -2.18. The van der Waals surface area contributed by atoms with Crippen molar-refractivity contribution in [3.8, 4) is 6.07 Å². The molecule has 1 aromatic carbocycles. The third-order valence-corrected chi connectivity index (χ3v) is 2.59. The van der Waals surface area contributed by atoms with Gasteiger partial charge in [0.25, 0.3) is 0 Å². The first-order chi connectivity index (χ1) is 8.08. The summed E-state index contributed by atoms with van der Waals surface area (Å²) < 4.78 is 4.64. The molecule has 0 aromatic heterocycles. The van der Waals surface area contributed by atoms with E-state index in [4.69, 9.17) is 5.26 Å². The van der Waals surface area contributed by atoms with E-state index in [1.807, 2.05) is 19.1 Å². The predicted octanol–water partition coefficient (Wildman–Crippen LogP) is 1.77. The highest BCUT2D eigenvalue weighted by Crippen LogP contribution is 2.13. The lowest BCUT2D eigenvalue weighted by molar-refractivity contribution is -0.142. The van der Waals surface area contributed by atoms with E-state index in [-0.39, 0.29) is 18.1 Å². The second kappa shape index (κ2) is 6.02. The zero-order valence-corrected chi connectivity index (χ0v) is 10.2. The lowest BCUT2D eigenvalue weighted by atomic mass is 10.1. The molecule has 0 bridgehead atoms. The highest BCUT2D eigenvalue weighted by atomic mass is 16.5. The van der Waals surface area contributed by atoms with E-state index in [1.54, 1.807) is 19.1 Å². The Morgan fingerprint density at radius 3 is 2.41 bits per heavy atom. The first kappa shape index (κ1) is 13.2. The van der Waals surface area contributed by atoms with Gasteiger partial charge in [-0.05, 0) is 31.5 Å². The van der Waals surface area contributed by atoms with E-state index in [0.29, 0.717) is 5.56 Å². The van der Waals surface area contributed by atoms with Crippen LogP contribution in [0.15, 0.2) is 24.3 Å². The summed E-state index contributed by atoms with van der Waals surface area (Å²) in [5.74, 6) is -0.287. The molecule has 0 unspecified atom stereocenters. The van der Waals surface area contributed by atoms with Gasteiger partial charge >= 0.3 is 5.97 Å². The van der Waals surface area contributed by atoms with E-state index in [2.05, 4.69) is 16.1 Å². The summed E-state index contributed by atoms with van der Waals surface area (Å²) in [5, 5.41) is 11.8. The maximum atomic E-state index is 11.3. The van der Waals surface area contributed by atoms with Gasteiger partial charge in [-0.3, -0.25) is 10.1 Å². The first-order valence-corrected chi connectivity index (χ1v) is 5.42. The van der Waals surface area contributed by atoms with Crippen LogP contribution in [0.3, 0.4) is 0 Å². The predicted molar refractivity (Wildman–Crippen MR) is 64.2 cm³/mol. The van der Waals surface area contributed by atoms with Crippen LogP contribution in [0.2, 0.25) is 0 Å². The molecule has 90 valence electrons. The maximum Gasteiger partial charge on any atom is 0.322 e. The van der Waals surface area contributed by atoms with Gasteiger partial charge < -0.3 is 4.74 Å². The van der Waals surface area contributed by atoms with E-state index in [9.17, 15) is 4.79 Å². The molecule has 0 amide bonds. The second-order valence-electron chi connectivity index (χ2n) is 3.87.